The van der Waals surface area contributed by atoms with Crippen LogP contribution in [0.4, 0.5) is 0 Å². The quantitative estimate of drug-likeness (QED) is 0.186. The smallest absolute Gasteiger partial charge is 0.808 e. The van der Waals surface area contributed by atoms with Crippen molar-refractivity contribution in [3.8, 4) is 0 Å². The first-order valence-corrected chi connectivity index (χ1v) is 7.07. The van der Waals surface area contributed by atoms with Crippen LogP contribution in [0.15, 0.2) is 0 Å². The summed E-state index contributed by atoms with van der Waals surface area (Å²) < 4.78 is 24.8. The molecule has 0 fully saturated rings. The first-order valence-electron chi connectivity index (χ1n) is 3.95. The van der Waals surface area contributed by atoms with Gasteiger partial charge in [-0.3, -0.25) is 4.79 Å². The molecule has 0 saturated carbocycles. The van der Waals surface area contributed by atoms with Crippen LogP contribution in [-0.4, -0.2) is 33.6 Å². The maximum Gasteiger partial charge on any atom is 1.00 e. The SMILES string of the molecule is O=C([O-])CC(=O)OCC(O)(P(=O)([O-])[O-])P(=O)([O-])O.[Na+].[Na+].[Na+].[Na+]. The van der Waals surface area contributed by atoms with Crippen LogP contribution in [-0.2, 0) is 23.5 Å². The van der Waals surface area contributed by atoms with Crippen LogP contribution >= 0.6 is 15.2 Å². The van der Waals surface area contributed by atoms with Crippen LogP contribution in [0, 0.1) is 0 Å². The molecule has 106 valence electrons. The van der Waals surface area contributed by atoms with Crippen LogP contribution in [0.2, 0.25) is 0 Å². The molecule has 0 spiro atoms. The second kappa shape index (κ2) is 14.3. The predicted octanol–water partition coefficient (Wildman–Crippen LogP) is -17.2. The van der Waals surface area contributed by atoms with Gasteiger partial charge >= 0.3 is 124 Å². The van der Waals surface area contributed by atoms with Crippen molar-refractivity contribution in [3.05, 3.63) is 0 Å². The van der Waals surface area contributed by atoms with E-state index < -0.39 is 45.2 Å². The molecule has 0 bridgehead atoms. The molecule has 0 aromatic heterocycles. The fourth-order valence-corrected chi connectivity index (χ4v) is 2.35. The van der Waals surface area contributed by atoms with E-state index in [0.29, 0.717) is 0 Å². The Bertz CT molecular complexity index is 422. The summed E-state index contributed by atoms with van der Waals surface area (Å²) in [5.74, 6) is -3.60. The monoisotopic (exact) mass is 396 g/mol. The predicted molar refractivity (Wildman–Crippen MR) is 43.0 cm³/mol. The second-order valence-electron chi connectivity index (χ2n) is 3.00. The maximum absolute atomic E-state index is 10.6. The van der Waals surface area contributed by atoms with Gasteiger partial charge in [-0.15, -0.1) is 0 Å². The summed E-state index contributed by atoms with van der Waals surface area (Å²) in [4.78, 5) is 60.6. The Morgan fingerprint density at radius 1 is 1.05 bits per heavy atom. The first kappa shape index (κ1) is 36.2. The van der Waals surface area contributed by atoms with Crippen LogP contribution in [0.25, 0.3) is 0 Å². The van der Waals surface area contributed by atoms with Crippen molar-refractivity contribution in [2.24, 2.45) is 0 Å². The van der Waals surface area contributed by atoms with Gasteiger partial charge in [0.1, 0.15) is 6.61 Å². The third kappa shape index (κ3) is 11.7. The van der Waals surface area contributed by atoms with Gasteiger partial charge in [0.05, 0.1) is 12.4 Å². The van der Waals surface area contributed by atoms with Crippen molar-refractivity contribution in [3.63, 3.8) is 0 Å². The summed E-state index contributed by atoms with van der Waals surface area (Å²) in [6, 6.07) is 0. The third-order valence-electron chi connectivity index (χ3n) is 1.61. The Labute approximate surface area is 213 Å². The minimum atomic E-state index is -6.31. The molecule has 0 saturated heterocycles. The Kier molecular flexibility index (Phi) is 23.5. The molecule has 22 heavy (non-hydrogen) atoms. The van der Waals surface area contributed by atoms with E-state index in [0.717, 1.165) is 0 Å². The summed E-state index contributed by atoms with van der Waals surface area (Å²) in [7, 11) is -12.4. The summed E-state index contributed by atoms with van der Waals surface area (Å²) in [5.41, 5.74) is 0. The van der Waals surface area contributed by atoms with Gasteiger partial charge < -0.3 is 48.4 Å². The number of aliphatic hydroxyl groups is 1. The molecular weight excluding hydrogens is 390 g/mol. The van der Waals surface area contributed by atoms with Crippen molar-refractivity contribution >= 4 is 27.1 Å². The van der Waals surface area contributed by atoms with Gasteiger partial charge in [-0.2, -0.15) is 0 Å². The zero-order chi connectivity index (χ0) is 14.8. The fraction of sp³-hybridized carbons (Fsp3) is 0.600. The van der Waals surface area contributed by atoms with Gasteiger partial charge in [0, 0.05) is 0 Å². The minimum Gasteiger partial charge on any atom is -0.808 e. The van der Waals surface area contributed by atoms with Crippen LogP contribution < -0.4 is 138 Å². The molecule has 0 rings (SSSR count). The number of rotatable bonds is 6. The molecule has 0 radical (unpaired) electrons. The van der Waals surface area contributed by atoms with Crippen molar-refractivity contribution in [1.29, 1.82) is 0 Å². The van der Waals surface area contributed by atoms with E-state index in [-0.39, 0.29) is 118 Å². The molecule has 11 nitrogen and oxygen atoms in total. The number of aliphatic carboxylic acids is 1. The summed E-state index contributed by atoms with van der Waals surface area (Å²) in [6.07, 6.45) is -1.37. The summed E-state index contributed by atoms with van der Waals surface area (Å²) in [6.45, 7) is -1.96. The van der Waals surface area contributed by atoms with Gasteiger partial charge in [-0.1, -0.05) is 0 Å². The molecule has 2 N–H and O–H groups in total. The molecule has 2 unspecified atom stereocenters. The fourth-order valence-electron chi connectivity index (χ4n) is 0.662. The summed E-state index contributed by atoms with van der Waals surface area (Å²) >= 11 is 0. The molecule has 2 atom stereocenters. The normalized spacial score (nSPS) is 15.1. The Morgan fingerprint density at radius 3 is 1.64 bits per heavy atom. The van der Waals surface area contributed by atoms with Gasteiger partial charge in [-0.05, 0) is 7.60 Å². The molecule has 0 aliphatic heterocycles. The number of carbonyl (C=O) groups excluding carboxylic acids is 2. The van der Waals surface area contributed by atoms with E-state index in [2.05, 4.69) is 4.74 Å². The Morgan fingerprint density at radius 2 is 1.41 bits per heavy atom. The molecule has 0 aliphatic carbocycles. The molecular formula is C5H6Na4O11P2. The van der Waals surface area contributed by atoms with Gasteiger partial charge in [-0.25, -0.2) is 0 Å². The standard InChI is InChI=1S/C5H10O11P2.4Na/c6-3(7)1-4(8)16-2-5(9,17(10,11)12)18(13,14)15;;;;/h9H,1-2H2,(H,6,7)(H2,10,11,12)(H2,13,14,15);;;;/q;4*+1/p-4. The summed E-state index contributed by atoms with van der Waals surface area (Å²) in [5, 5.41) is 14.7. The van der Waals surface area contributed by atoms with E-state index in [1.165, 1.54) is 0 Å². The van der Waals surface area contributed by atoms with Crippen molar-refractivity contribution in [2.45, 2.75) is 11.5 Å². The molecule has 0 amide bonds. The van der Waals surface area contributed by atoms with E-state index in [1.54, 1.807) is 0 Å². The van der Waals surface area contributed by atoms with E-state index in [1.807, 2.05) is 0 Å². The topological polar surface area (TPSA) is 210 Å². The number of hydrogen-bond acceptors (Lipinski definition) is 10. The van der Waals surface area contributed by atoms with Gasteiger partial charge in [0.15, 0.2) is 12.7 Å². The van der Waals surface area contributed by atoms with Crippen LogP contribution in [0.3, 0.4) is 0 Å². The van der Waals surface area contributed by atoms with Crippen molar-refractivity contribution < 1.29 is 171 Å². The Balaban J connectivity index is -0.000000241. The molecule has 0 aromatic carbocycles. The third-order valence-corrected chi connectivity index (χ3v) is 5.14. The number of carbonyl (C=O) groups is 2. The van der Waals surface area contributed by atoms with Crippen LogP contribution in [0.5, 0.6) is 0 Å². The average Bonchev–Trinajstić information content (AvgIpc) is 2.09. The van der Waals surface area contributed by atoms with Gasteiger partial charge in [0.2, 0.25) is 0 Å². The number of carboxylic acid groups (broad SMARTS) is 1. The Hall–Kier alpha value is 3.20. The second-order valence-corrected chi connectivity index (χ2v) is 6.87. The molecule has 0 heterocycles. The number of esters is 1. The van der Waals surface area contributed by atoms with Crippen molar-refractivity contribution in [2.75, 3.05) is 6.61 Å². The maximum atomic E-state index is 10.6. The number of ether oxygens (including phenoxy) is 1. The van der Waals surface area contributed by atoms with Crippen molar-refractivity contribution in [1.82, 2.24) is 0 Å². The first-order chi connectivity index (χ1) is 7.81. The van der Waals surface area contributed by atoms with Crippen LogP contribution in [0.1, 0.15) is 6.42 Å². The average molecular weight is 396 g/mol. The van der Waals surface area contributed by atoms with Gasteiger partial charge in [0.25, 0.3) is 0 Å². The number of carboxylic acids is 1. The van der Waals surface area contributed by atoms with E-state index in [4.69, 9.17) is 10.00 Å². The molecule has 17 heteroatoms. The molecule has 0 aromatic rings. The largest absolute Gasteiger partial charge is 1.00 e. The minimum absolute atomic E-state index is 0. The van der Waals surface area contributed by atoms with E-state index in [9.17, 15) is 38.5 Å². The van der Waals surface area contributed by atoms with E-state index >= 15 is 0 Å². The zero-order valence-electron chi connectivity index (χ0n) is 12.4. The zero-order valence-corrected chi connectivity index (χ0v) is 22.2. The number of hydrogen-bond donors (Lipinski definition) is 2. The molecule has 0 aliphatic rings.